The molecule has 0 atom stereocenters. The van der Waals surface area contributed by atoms with Crippen molar-refractivity contribution in [3.63, 3.8) is 0 Å². The van der Waals surface area contributed by atoms with Crippen molar-refractivity contribution in [3.8, 4) is 33.9 Å². The van der Waals surface area contributed by atoms with Gasteiger partial charge in [0.1, 0.15) is 5.65 Å². The number of anilines is 1. The minimum absolute atomic E-state index is 0.0307. The standard InChI is InChI=1S/C22H23N5O5S/c1-27(2)33(29,30)13-10-8-12(9-11-13)18-16(14-6-5-7-15(31-3)19(14)32-4)17-20(24-18)25-22(23)26-21(17)28/h5-11H,1-4H3,(H4,23,24,25,26,28). The number of ether oxygens (including phenoxy) is 2. The van der Waals surface area contributed by atoms with Gasteiger partial charge in [-0.1, -0.05) is 24.3 Å². The van der Waals surface area contributed by atoms with Gasteiger partial charge in [0.05, 0.1) is 30.2 Å². The Hall–Kier alpha value is -3.83. The lowest BCUT2D eigenvalue weighted by atomic mass is 9.98. The fraction of sp³-hybridized carbons (Fsp3) is 0.182. The van der Waals surface area contributed by atoms with Crippen LogP contribution in [-0.4, -0.2) is 56.0 Å². The Kier molecular flexibility index (Phi) is 5.60. The van der Waals surface area contributed by atoms with Crippen LogP contribution in [0.4, 0.5) is 5.95 Å². The summed E-state index contributed by atoms with van der Waals surface area (Å²) >= 11 is 0. The number of rotatable bonds is 6. The molecule has 0 saturated heterocycles. The van der Waals surface area contributed by atoms with E-state index in [-0.39, 0.29) is 21.9 Å². The van der Waals surface area contributed by atoms with E-state index in [0.717, 1.165) is 4.31 Å². The third-order valence-corrected chi connectivity index (χ3v) is 7.10. The highest BCUT2D eigenvalue weighted by Crippen LogP contribution is 2.44. The zero-order valence-electron chi connectivity index (χ0n) is 18.5. The second kappa shape index (κ2) is 8.26. The van der Waals surface area contributed by atoms with Gasteiger partial charge in [-0.05, 0) is 23.8 Å². The largest absolute Gasteiger partial charge is 0.493 e. The molecule has 0 aliphatic carbocycles. The van der Waals surface area contributed by atoms with Crippen molar-refractivity contribution in [1.82, 2.24) is 19.3 Å². The first-order valence-electron chi connectivity index (χ1n) is 9.84. The molecule has 0 aliphatic heterocycles. The SMILES string of the molecule is COc1cccc(-c2c(-c3ccc(S(=O)(=O)N(C)C)cc3)[nH]c3nc(N)[nH]c(=O)c23)c1OC. The number of para-hydroxylation sites is 1. The van der Waals surface area contributed by atoms with Crippen molar-refractivity contribution >= 4 is 27.0 Å². The van der Waals surface area contributed by atoms with Crippen molar-refractivity contribution < 1.29 is 17.9 Å². The molecule has 2 aromatic carbocycles. The Labute approximate surface area is 190 Å². The molecule has 172 valence electrons. The fourth-order valence-corrected chi connectivity index (χ4v) is 4.59. The quantitative estimate of drug-likeness (QED) is 0.393. The fourth-order valence-electron chi connectivity index (χ4n) is 3.69. The molecule has 0 radical (unpaired) electrons. The average molecular weight is 470 g/mol. The van der Waals surface area contributed by atoms with Crippen LogP contribution in [0.3, 0.4) is 0 Å². The van der Waals surface area contributed by atoms with E-state index in [1.807, 2.05) is 0 Å². The van der Waals surface area contributed by atoms with Gasteiger partial charge in [0.15, 0.2) is 11.5 Å². The van der Waals surface area contributed by atoms with Gasteiger partial charge in [0.25, 0.3) is 5.56 Å². The number of sulfonamides is 1. The van der Waals surface area contributed by atoms with Crippen molar-refractivity contribution in [2.75, 3.05) is 34.0 Å². The Balaban J connectivity index is 2.04. The molecular weight excluding hydrogens is 446 g/mol. The molecule has 10 nitrogen and oxygen atoms in total. The highest BCUT2D eigenvalue weighted by Gasteiger charge is 2.24. The summed E-state index contributed by atoms with van der Waals surface area (Å²) in [5.74, 6) is 0.893. The maximum atomic E-state index is 12.9. The molecular formula is C22H23N5O5S. The zero-order valence-corrected chi connectivity index (χ0v) is 19.3. The number of aromatic amines is 2. The van der Waals surface area contributed by atoms with Crippen molar-refractivity contribution in [2.45, 2.75) is 4.90 Å². The first-order chi connectivity index (χ1) is 15.7. The summed E-state index contributed by atoms with van der Waals surface area (Å²) in [6, 6.07) is 11.7. The summed E-state index contributed by atoms with van der Waals surface area (Å²) in [4.78, 5) is 23.0. The molecule has 0 bridgehead atoms. The monoisotopic (exact) mass is 469 g/mol. The van der Waals surface area contributed by atoms with Crippen LogP contribution in [0.2, 0.25) is 0 Å². The van der Waals surface area contributed by atoms with Gasteiger partial charge in [-0.15, -0.1) is 0 Å². The molecule has 0 unspecified atom stereocenters. The first-order valence-corrected chi connectivity index (χ1v) is 11.3. The number of hydrogen-bond acceptors (Lipinski definition) is 7. The summed E-state index contributed by atoms with van der Waals surface area (Å²) in [6.45, 7) is 0. The molecule has 11 heteroatoms. The van der Waals surface area contributed by atoms with Gasteiger partial charge in [-0.2, -0.15) is 4.98 Å². The smallest absolute Gasteiger partial charge is 0.262 e. The van der Waals surface area contributed by atoms with Crippen LogP contribution in [0.1, 0.15) is 0 Å². The van der Waals surface area contributed by atoms with Gasteiger partial charge in [0, 0.05) is 25.2 Å². The number of nitrogen functional groups attached to an aromatic ring is 1. The summed E-state index contributed by atoms with van der Waals surface area (Å²) in [5.41, 5.74) is 7.94. The molecule has 4 rings (SSSR count). The van der Waals surface area contributed by atoms with Gasteiger partial charge < -0.3 is 20.2 Å². The number of aromatic nitrogens is 3. The van der Waals surface area contributed by atoms with Gasteiger partial charge in [-0.25, -0.2) is 12.7 Å². The Morgan fingerprint density at radius 2 is 1.70 bits per heavy atom. The number of nitrogens with two attached hydrogens (primary N) is 1. The van der Waals surface area contributed by atoms with E-state index < -0.39 is 15.6 Å². The van der Waals surface area contributed by atoms with Gasteiger partial charge in [-0.3, -0.25) is 9.78 Å². The van der Waals surface area contributed by atoms with E-state index in [1.54, 1.807) is 30.3 Å². The van der Waals surface area contributed by atoms with Crippen molar-refractivity contribution in [2.24, 2.45) is 0 Å². The molecule has 33 heavy (non-hydrogen) atoms. The Morgan fingerprint density at radius 1 is 1.00 bits per heavy atom. The van der Waals surface area contributed by atoms with E-state index in [0.29, 0.717) is 33.9 Å². The third kappa shape index (κ3) is 3.70. The highest BCUT2D eigenvalue weighted by atomic mass is 32.2. The average Bonchev–Trinajstić information content (AvgIpc) is 3.17. The molecule has 0 fully saturated rings. The zero-order chi connectivity index (χ0) is 23.9. The van der Waals surface area contributed by atoms with E-state index in [9.17, 15) is 13.2 Å². The normalized spacial score (nSPS) is 11.8. The molecule has 4 aromatic rings. The summed E-state index contributed by atoms with van der Waals surface area (Å²) in [6.07, 6.45) is 0. The van der Waals surface area contributed by atoms with E-state index >= 15 is 0 Å². The van der Waals surface area contributed by atoms with Crippen LogP contribution in [0, 0.1) is 0 Å². The number of benzene rings is 2. The molecule has 2 heterocycles. The number of nitrogens with one attached hydrogen (secondary N) is 2. The predicted octanol–water partition coefficient (Wildman–Crippen LogP) is 2.43. The lowest BCUT2D eigenvalue weighted by Gasteiger charge is -2.14. The van der Waals surface area contributed by atoms with Crippen LogP contribution in [0.15, 0.2) is 52.2 Å². The van der Waals surface area contributed by atoms with Crippen molar-refractivity contribution in [1.29, 1.82) is 0 Å². The molecule has 2 aromatic heterocycles. The maximum Gasteiger partial charge on any atom is 0.262 e. The van der Waals surface area contributed by atoms with Gasteiger partial charge in [0.2, 0.25) is 16.0 Å². The second-order valence-corrected chi connectivity index (χ2v) is 9.55. The van der Waals surface area contributed by atoms with Crippen LogP contribution in [-0.2, 0) is 10.0 Å². The number of fused-ring (bicyclic) bond motifs is 1. The summed E-state index contributed by atoms with van der Waals surface area (Å²) in [7, 11) is 2.38. The Morgan fingerprint density at radius 3 is 2.30 bits per heavy atom. The molecule has 4 N–H and O–H groups in total. The minimum Gasteiger partial charge on any atom is -0.493 e. The predicted molar refractivity (Wildman–Crippen MR) is 126 cm³/mol. The molecule has 0 amide bonds. The molecule has 0 spiro atoms. The Bertz CT molecular complexity index is 1500. The lowest BCUT2D eigenvalue weighted by Crippen LogP contribution is -2.22. The van der Waals surface area contributed by atoms with E-state index in [4.69, 9.17) is 15.2 Å². The second-order valence-electron chi connectivity index (χ2n) is 7.40. The number of H-pyrrole nitrogens is 2. The van der Waals surface area contributed by atoms with Crippen LogP contribution in [0.25, 0.3) is 33.4 Å². The maximum absolute atomic E-state index is 12.9. The van der Waals surface area contributed by atoms with Crippen molar-refractivity contribution in [3.05, 3.63) is 52.8 Å². The number of nitrogens with zero attached hydrogens (tertiary/aromatic N) is 2. The third-order valence-electron chi connectivity index (χ3n) is 5.27. The number of methoxy groups -OCH3 is 2. The topological polar surface area (TPSA) is 143 Å². The molecule has 0 aliphatic rings. The minimum atomic E-state index is -3.59. The number of hydrogen-bond donors (Lipinski definition) is 3. The van der Waals surface area contributed by atoms with Crippen LogP contribution in [0.5, 0.6) is 11.5 Å². The van der Waals surface area contributed by atoms with Crippen LogP contribution < -0.4 is 20.8 Å². The lowest BCUT2D eigenvalue weighted by molar-refractivity contribution is 0.356. The van der Waals surface area contributed by atoms with Crippen LogP contribution >= 0.6 is 0 Å². The van der Waals surface area contributed by atoms with E-state index in [2.05, 4.69) is 15.0 Å². The summed E-state index contributed by atoms with van der Waals surface area (Å²) in [5, 5.41) is 0.288. The highest BCUT2D eigenvalue weighted by molar-refractivity contribution is 7.89. The first kappa shape index (κ1) is 22.4. The summed E-state index contributed by atoms with van der Waals surface area (Å²) < 4.78 is 37.1. The molecule has 0 saturated carbocycles. The van der Waals surface area contributed by atoms with E-state index in [1.165, 1.54) is 40.4 Å². The van der Waals surface area contributed by atoms with Gasteiger partial charge >= 0.3 is 0 Å².